The van der Waals surface area contributed by atoms with Crippen molar-refractivity contribution in [2.45, 2.75) is 57.0 Å². The van der Waals surface area contributed by atoms with Gasteiger partial charge in [0.1, 0.15) is 11.6 Å². The molecule has 1 heterocycles. The fourth-order valence-electron chi connectivity index (χ4n) is 6.37. The fraction of sp³-hybridized carbons (Fsp3) is 0.500. The van der Waals surface area contributed by atoms with E-state index in [1.807, 2.05) is 0 Å². The molecule has 4 aliphatic carbocycles. The standard InChI is InChI=1S/C26H31FN4O3/c27-21-1-3-22(4-2-21)34-24-12-17(5-7-28-24)16-30-23(32)6-8-29-25(33)31-26-13-18-9-19(14-26)11-20(10-18)15-26/h1-5,7,12,18-20H,6,8-11,13-16H2,(H,30,32)(H2,29,31,33). The van der Waals surface area contributed by atoms with Crippen molar-refractivity contribution in [3.63, 3.8) is 0 Å². The Bertz CT molecular complexity index is 1010. The van der Waals surface area contributed by atoms with Crippen LogP contribution in [0.25, 0.3) is 0 Å². The third kappa shape index (κ3) is 5.48. The third-order valence-corrected chi connectivity index (χ3v) is 7.38. The smallest absolute Gasteiger partial charge is 0.315 e. The molecule has 0 spiro atoms. The Balaban J connectivity index is 1.03. The molecule has 180 valence electrons. The van der Waals surface area contributed by atoms with E-state index in [4.69, 9.17) is 4.74 Å². The fourth-order valence-corrected chi connectivity index (χ4v) is 6.37. The summed E-state index contributed by atoms with van der Waals surface area (Å²) in [6, 6.07) is 9.03. The molecule has 4 aliphatic rings. The first-order valence-electron chi connectivity index (χ1n) is 12.2. The van der Waals surface area contributed by atoms with Crippen LogP contribution >= 0.6 is 0 Å². The van der Waals surface area contributed by atoms with Crippen LogP contribution in [0.4, 0.5) is 9.18 Å². The van der Waals surface area contributed by atoms with Gasteiger partial charge in [-0.15, -0.1) is 0 Å². The number of ether oxygens (including phenoxy) is 1. The Morgan fingerprint density at radius 2 is 1.68 bits per heavy atom. The van der Waals surface area contributed by atoms with E-state index in [1.54, 1.807) is 18.3 Å². The minimum atomic E-state index is -0.337. The maximum atomic E-state index is 13.0. The van der Waals surface area contributed by atoms with Crippen molar-refractivity contribution in [3.05, 3.63) is 54.0 Å². The summed E-state index contributed by atoms with van der Waals surface area (Å²) in [5, 5.41) is 8.98. The van der Waals surface area contributed by atoms with Gasteiger partial charge < -0.3 is 20.7 Å². The van der Waals surface area contributed by atoms with E-state index in [0.29, 0.717) is 24.7 Å². The van der Waals surface area contributed by atoms with E-state index in [-0.39, 0.29) is 29.7 Å². The van der Waals surface area contributed by atoms with Gasteiger partial charge in [0.25, 0.3) is 0 Å². The molecule has 34 heavy (non-hydrogen) atoms. The number of rotatable bonds is 8. The first-order chi connectivity index (χ1) is 16.4. The molecule has 4 fully saturated rings. The van der Waals surface area contributed by atoms with Crippen LogP contribution in [-0.4, -0.2) is 29.0 Å². The molecule has 1 aromatic carbocycles. The number of urea groups is 1. The number of amides is 3. The minimum Gasteiger partial charge on any atom is -0.439 e. The number of hydrogen-bond donors (Lipinski definition) is 3. The summed E-state index contributed by atoms with van der Waals surface area (Å²) in [6.07, 6.45) is 9.11. The SMILES string of the molecule is O=C(CCNC(=O)NC12CC3CC(CC(C3)C1)C2)NCc1ccnc(Oc2ccc(F)cc2)c1. The lowest BCUT2D eigenvalue weighted by atomic mass is 9.53. The van der Waals surface area contributed by atoms with E-state index in [2.05, 4.69) is 20.9 Å². The number of carbonyl (C=O) groups is 2. The van der Waals surface area contributed by atoms with E-state index in [0.717, 1.165) is 42.6 Å². The quantitative estimate of drug-likeness (QED) is 0.541. The molecule has 0 radical (unpaired) electrons. The van der Waals surface area contributed by atoms with Gasteiger partial charge in [-0.3, -0.25) is 4.79 Å². The van der Waals surface area contributed by atoms with Crippen molar-refractivity contribution in [1.29, 1.82) is 0 Å². The molecule has 7 nitrogen and oxygen atoms in total. The Kier molecular flexibility index (Phi) is 6.39. The molecule has 0 aliphatic heterocycles. The van der Waals surface area contributed by atoms with Gasteiger partial charge in [0.2, 0.25) is 11.8 Å². The Labute approximate surface area is 198 Å². The van der Waals surface area contributed by atoms with Gasteiger partial charge in [-0.2, -0.15) is 0 Å². The molecule has 3 N–H and O–H groups in total. The van der Waals surface area contributed by atoms with E-state index in [9.17, 15) is 14.0 Å². The number of nitrogens with one attached hydrogen (secondary N) is 3. The average molecular weight is 467 g/mol. The van der Waals surface area contributed by atoms with Crippen molar-refractivity contribution in [3.8, 4) is 11.6 Å². The maximum Gasteiger partial charge on any atom is 0.315 e. The molecule has 3 amide bonds. The Morgan fingerprint density at radius 1 is 1.00 bits per heavy atom. The lowest BCUT2D eigenvalue weighted by molar-refractivity contribution is -0.121. The van der Waals surface area contributed by atoms with Crippen LogP contribution in [0.2, 0.25) is 0 Å². The van der Waals surface area contributed by atoms with Crippen LogP contribution in [0.5, 0.6) is 11.6 Å². The second-order valence-electron chi connectivity index (χ2n) is 10.2. The zero-order chi connectivity index (χ0) is 23.5. The topological polar surface area (TPSA) is 92.4 Å². The first-order valence-corrected chi connectivity index (χ1v) is 12.2. The second kappa shape index (κ2) is 9.60. The van der Waals surface area contributed by atoms with E-state index < -0.39 is 0 Å². The first kappa shape index (κ1) is 22.6. The Morgan fingerprint density at radius 3 is 2.35 bits per heavy atom. The number of aromatic nitrogens is 1. The number of nitrogens with zero attached hydrogens (tertiary/aromatic N) is 1. The molecule has 0 unspecified atom stereocenters. The average Bonchev–Trinajstić information content (AvgIpc) is 2.78. The van der Waals surface area contributed by atoms with Crippen LogP contribution in [0.1, 0.15) is 50.5 Å². The predicted molar refractivity (Wildman–Crippen MR) is 125 cm³/mol. The summed E-state index contributed by atoms with van der Waals surface area (Å²) in [7, 11) is 0. The van der Waals surface area contributed by atoms with Gasteiger partial charge in [0, 0.05) is 37.3 Å². The second-order valence-corrected chi connectivity index (χ2v) is 10.2. The summed E-state index contributed by atoms with van der Waals surface area (Å²) in [6.45, 7) is 0.611. The van der Waals surface area contributed by atoms with E-state index in [1.165, 1.54) is 43.5 Å². The molecule has 6 rings (SSSR count). The molecule has 8 heteroatoms. The van der Waals surface area contributed by atoms with Gasteiger partial charge in [0.05, 0.1) is 0 Å². The molecule has 4 saturated carbocycles. The van der Waals surface area contributed by atoms with Crippen LogP contribution in [0, 0.1) is 23.6 Å². The summed E-state index contributed by atoms with van der Waals surface area (Å²) >= 11 is 0. The van der Waals surface area contributed by atoms with Crippen molar-refractivity contribution in [2.75, 3.05) is 6.54 Å². The lowest BCUT2D eigenvalue weighted by Crippen LogP contribution is -2.61. The Hall–Kier alpha value is -3.16. The zero-order valence-corrected chi connectivity index (χ0v) is 19.2. The van der Waals surface area contributed by atoms with Gasteiger partial charge in [0.15, 0.2) is 0 Å². The molecule has 0 atom stereocenters. The van der Waals surface area contributed by atoms with E-state index >= 15 is 0 Å². The highest BCUT2D eigenvalue weighted by molar-refractivity contribution is 5.78. The number of carbonyl (C=O) groups excluding carboxylic acids is 2. The van der Waals surface area contributed by atoms with Crippen LogP contribution in [0.3, 0.4) is 0 Å². The third-order valence-electron chi connectivity index (χ3n) is 7.38. The number of benzene rings is 1. The summed E-state index contributed by atoms with van der Waals surface area (Å²) in [5.74, 6) is 2.67. The van der Waals surface area contributed by atoms with Crippen molar-refractivity contribution >= 4 is 11.9 Å². The molecule has 4 bridgehead atoms. The van der Waals surface area contributed by atoms with Gasteiger partial charge in [-0.05, 0) is 92.2 Å². The summed E-state index contributed by atoms with van der Waals surface area (Å²) in [4.78, 5) is 28.9. The van der Waals surface area contributed by atoms with Crippen molar-refractivity contribution in [1.82, 2.24) is 20.9 Å². The lowest BCUT2D eigenvalue weighted by Gasteiger charge is -2.56. The number of pyridine rings is 1. The molecule has 0 saturated heterocycles. The highest BCUT2D eigenvalue weighted by atomic mass is 19.1. The molecule has 2 aromatic rings. The largest absolute Gasteiger partial charge is 0.439 e. The minimum absolute atomic E-state index is 0.0316. The van der Waals surface area contributed by atoms with Gasteiger partial charge >= 0.3 is 6.03 Å². The monoisotopic (exact) mass is 466 g/mol. The summed E-state index contributed by atoms with van der Waals surface area (Å²) in [5.41, 5.74) is 0.795. The van der Waals surface area contributed by atoms with Crippen LogP contribution in [-0.2, 0) is 11.3 Å². The zero-order valence-electron chi connectivity index (χ0n) is 19.2. The van der Waals surface area contributed by atoms with Gasteiger partial charge in [-0.25, -0.2) is 14.2 Å². The van der Waals surface area contributed by atoms with Crippen molar-refractivity contribution in [2.24, 2.45) is 17.8 Å². The molecular formula is C26H31FN4O3. The van der Waals surface area contributed by atoms with Gasteiger partial charge in [-0.1, -0.05) is 0 Å². The van der Waals surface area contributed by atoms with Crippen molar-refractivity contribution < 1.29 is 18.7 Å². The highest BCUT2D eigenvalue weighted by Gasteiger charge is 2.51. The normalized spacial score (nSPS) is 26.7. The maximum absolute atomic E-state index is 13.0. The molecule has 1 aromatic heterocycles. The van der Waals surface area contributed by atoms with Crippen LogP contribution in [0.15, 0.2) is 42.6 Å². The van der Waals surface area contributed by atoms with Crippen LogP contribution < -0.4 is 20.7 Å². The highest BCUT2D eigenvalue weighted by Crippen LogP contribution is 2.55. The number of hydrogen-bond acceptors (Lipinski definition) is 4. The summed E-state index contributed by atoms with van der Waals surface area (Å²) < 4.78 is 18.7. The predicted octanol–water partition coefficient (Wildman–Crippen LogP) is 4.29. The molecular weight excluding hydrogens is 435 g/mol. The number of halogens is 1.